The summed E-state index contributed by atoms with van der Waals surface area (Å²) in [6.45, 7) is 4.51. The molecule has 0 fully saturated rings. The van der Waals surface area contributed by atoms with Crippen molar-refractivity contribution in [2.24, 2.45) is 0 Å². The number of aromatic nitrogens is 1. The normalized spacial score (nSPS) is 11.2. The van der Waals surface area contributed by atoms with E-state index in [1.807, 2.05) is 0 Å². The van der Waals surface area contributed by atoms with Crippen LogP contribution in [0.15, 0.2) is 34.8 Å². The lowest BCUT2D eigenvalue weighted by Gasteiger charge is -2.15. The van der Waals surface area contributed by atoms with Crippen LogP contribution in [0.5, 0.6) is 17.4 Å². The number of ketones is 1. The monoisotopic (exact) mass is 521 g/mol. The van der Waals surface area contributed by atoms with Gasteiger partial charge in [0.25, 0.3) is 5.92 Å². The Morgan fingerprint density at radius 1 is 1.09 bits per heavy atom. The van der Waals surface area contributed by atoms with E-state index >= 15 is 0 Å². The van der Waals surface area contributed by atoms with Gasteiger partial charge in [-0.05, 0) is 44.9 Å². The van der Waals surface area contributed by atoms with E-state index in [1.165, 1.54) is 37.3 Å². The van der Waals surface area contributed by atoms with Gasteiger partial charge in [-0.3, -0.25) is 4.79 Å². The number of rotatable bonds is 12. The van der Waals surface area contributed by atoms with Crippen molar-refractivity contribution in [3.05, 3.63) is 56.7 Å². The molecule has 0 bridgehead atoms. The summed E-state index contributed by atoms with van der Waals surface area (Å²) in [6.07, 6.45) is 2.61. The molecule has 0 aliphatic heterocycles. The highest BCUT2D eigenvalue weighted by atomic mass is 35.5. The molecule has 33 heavy (non-hydrogen) atoms. The third-order valence-electron chi connectivity index (χ3n) is 4.36. The minimum absolute atomic E-state index is 0.0683. The lowest BCUT2D eigenvalue weighted by Crippen LogP contribution is -2.10. The zero-order valence-corrected chi connectivity index (χ0v) is 20.7. The second kappa shape index (κ2) is 12.4. The Kier molecular flexibility index (Phi) is 10.2. The zero-order valence-electron chi connectivity index (χ0n) is 18.4. The number of unbranched alkanes of at least 4 members (excludes halogenated alkanes) is 1. The first-order valence-corrected chi connectivity index (χ1v) is 11.2. The van der Waals surface area contributed by atoms with Crippen LogP contribution in [0.4, 0.5) is 8.78 Å². The molecular weight excluding hydrogens is 499 g/mol. The van der Waals surface area contributed by atoms with Crippen LogP contribution in [0.25, 0.3) is 0 Å². The molecule has 0 aliphatic rings. The lowest BCUT2D eigenvalue weighted by molar-refractivity contribution is 0.0170. The van der Waals surface area contributed by atoms with Gasteiger partial charge in [-0.25, -0.2) is 13.8 Å². The molecular formula is C23H24Cl3F2NO4. The van der Waals surface area contributed by atoms with Gasteiger partial charge >= 0.3 is 0 Å². The fraction of sp³-hybridized carbons (Fsp3) is 0.391. The number of halogens is 5. The number of hydrogen-bond acceptors (Lipinski definition) is 5. The van der Waals surface area contributed by atoms with E-state index < -0.39 is 5.92 Å². The average Bonchev–Trinajstić information content (AvgIpc) is 2.70. The molecule has 0 N–H and O–H groups in total. The topological polar surface area (TPSA) is 57.7 Å². The van der Waals surface area contributed by atoms with Gasteiger partial charge in [0, 0.05) is 30.3 Å². The summed E-state index contributed by atoms with van der Waals surface area (Å²) in [6, 6.07) is 5.64. The number of carbonyl (C=O) groups is 1. The summed E-state index contributed by atoms with van der Waals surface area (Å²) in [5.41, 5.74) is 0.591. The maximum atomic E-state index is 13.5. The SMILES string of the molecule is CC(=O)c1cc(OCC=C(Cl)Cl)cc(Cl)c1OCCCCOc1cc(C(C)(F)F)cc(C)n1. The Labute approximate surface area is 206 Å². The highest BCUT2D eigenvalue weighted by Crippen LogP contribution is 2.34. The first-order chi connectivity index (χ1) is 15.5. The van der Waals surface area contributed by atoms with E-state index in [0.717, 1.165) is 6.92 Å². The number of Topliss-reactive ketones (excluding diaryl/α,β-unsaturated/α-hetero) is 1. The first kappa shape index (κ1) is 27.2. The fourth-order valence-corrected chi connectivity index (χ4v) is 3.17. The first-order valence-electron chi connectivity index (χ1n) is 10.1. The Morgan fingerprint density at radius 3 is 2.36 bits per heavy atom. The molecule has 0 saturated heterocycles. The van der Waals surface area contributed by atoms with Crippen molar-refractivity contribution in [2.75, 3.05) is 19.8 Å². The molecule has 5 nitrogen and oxygen atoms in total. The Balaban J connectivity index is 1.89. The van der Waals surface area contributed by atoms with Gasteiger partial charge in [0.2, 0.25) is 5.88 Å². The Hall–Kier alpha value is -2.09. The van der Waals surface area contributed by atoms with E-state index in [9.17, 15) is 13.6 Å². The predicted molar refractivity (Wildman–Crippen MR) is 126 cm³/mol. The number of aryl methyl sites for hydroxylation is 1. The third-order valence-corrected chi connectivity index (χ3v) is 4.95. The smallest absolute Gasteiger partial charge is 0.270 e. The lowest BCUT2D eigenvalue weighted by atomic mass is 10.1. The summed E-state index contributed by atoms with van der Waals surface area (Å²) in [7, 11) is 0. The van der Waals surface area contributed by atoms with Crippen molar-refractivity contribution in [3.8, 4) is 17.4 Å². The van der Waals surface area contributed by atoms with Gasteiger partial charge < -0.3 is 14.2 Å². The molecule has 0 atom stereocenters. The summed E-state index contributed by atoms with van der Waals surface area (Å²) < 4.78 is 43.9. The molecule has 10 heteroatoms. The van der Waals surface area contributed by atoms with Crippen LogP contribution in [0.1, 0.15) is 48.3 Å². The van der Waals surface area contributed by atoms with Crippen molar-refractivity contribution < 1.29 is 27.8 Å². The molecule has 1 heterocycles. The maximum absolute atomic E-state index is 13.5. The third kappa shape index (κ3) is 8.99. The van der Waals surface area contributed by atoms with Gasteiger partial charge in [0.1, 0.15) is 22.6 Å². The molecule has 180 valence electrons. The standard InChI is InChI=1S/C23H24Cl3F2NO4/c1-14-10-16(23(3,27)28)11-21(29-14)32-7-4-5-8-33-22-18(15(2)30)12-17(13-19(22)24)31-9-6-20(25)26/h6,10-13H,4-5,7-9H2,1-3H3. The number of nitrogens with zero attached hydrogens (tertiary/aromatic N) is 1. The summed E-state index contributed by atoms with van der Waals surface area (Å²) in [5, 5.41) is 0.229. The van der Waals surface area contributed by atoms with Gasteiger partial charge in [-0.1, -0.05) is 34.8 Å². The van der Waals surface area contributed by atoms with Crippen LogP contribution in [0.2, 0.25) is 5.02 Å². The van der Waals surface area contributed by atoms with Crippen LogP contribution in [-0.2, 0) is 5.92 Å². The van der Waals surface area contributed by atoms with E-state index in [1.54, 1.807) is 6.92 Å². The van der Waals surface area contributed by atoms with E-state index in [4.69, 9.17) is 49.0 Å². The van der Waals surface area contributed by atoms with Crippen LogP contribution in [0, 0.1) is 6.92 Å². The maximum Gasteiger partial charge on any atom is 0.270 e. The number of pyridine rings is 1. The van der Waals surface area contributed by atoms with E-state index in [2.05, 4.69) is 4.98 Å². The predicted octanol–water partition coefficient (Wildman–Crippen LogP) is 7.29. The van der Waals surface area contributed by atoms with Crippen LogP contribution < -0.4 is 14.2 Å². The molecule has 0 radical (unpaired) electrons. The van der Waals surface area contributed by atoms with Crippen molar-refractivity contribution >= 4 is 40.6 Å². The number of ether oxygens (including phenoxy) is 3. The van der Waals surface area contributed by atoms with Crippen molar-refractivity contribution in [1.82, 2.24) is 4.98 Å². The van der Waals surface area contributed by atoms with Crippen molar-refractivity contribution in [2.45, 2.75) is 39.5 Å². The molecule has 0 spiro atoms. The minimum Gasteiger partial charge on any atom is -0.491 e. The number of carbonyl (C=O) groups excluding carboxylic acids is 1. The molecule has 2 aromatic rings. The molecule has 1 aromatic carbocycles. The van der Waals surface area contributed by atoms with Gasteiger partial charge in [-0.2, -0.15) is 0 Å². The van der Waals surface area contributed by atoms with Gasteiger partial charge in [0.05, 0.1) is 23.8 Å². The molecule has 0 amide bonds. The largest absolute Gasteiger partial charge is 0.491 e. The second-order valence-corrected chi connectivity index (χ2v) is 8.69. The second-order valence-electron chi connectivity index (χ2n) is 7.27. The summed E-state index contributed by atoms with van der Waals surface area (Å²) in [4.78, 5) is 16.2. The highest BCUT2D eigenvalue weighted by molar-refractivity contribution is 6.55. The molecule has 0 unspecified atom stereocenters. The van der Waals surface area contributed by atoms with Crippen LogP contribution in [-0.4, -0.2) is 30.6 Å². The summed E-state index contributed by atoms with van der Waals surface area (Å²) in [5.74, 6) is -2.42. The van der Waals surface area contributed by atoms with Crippen LogP contribution in [0.3, 0.4) is 0 Å². The average molecular weight is 523 g/mol. The quantitative estimate of drug-likeness (QED) is 0.216. The fourth-order valence-electron chi connectivity index (χ4n) is 2.78. The van der Waals surface area contributed by atoms with E-state index in [0.29, 0.717) is 24.3 Å². The van der Waals surface area contributed by atoms with Crippen molar-refractivity contribution in [3.63, 3.8) is 0 Å². The number of alkyl halides is 2. The molecule has 2 rings (SSSR count). The molecule has 0 saturated carbocycles. The zero-order chi connectivity index (χ0) is 24.6. The molecule has 1 aromatic heterocycles. The Morgan fingerprint density at radius 2 is 1.76 bits per heavy atom. The summed E-state index contributed by atoms with van der Waals surface area (Å²) >= 11 is 17.4. The van der Waals surface area contributed by atoms with Gasteiger partial charge in [0.15, 0.2) is 5.78 Å². The molecule has 0 aliphatic carbocycles. The Bertz CT molecular complexity index is 1010. The minimum atomic E-state index is -2.97. The van der Waals surface area contributed by atoms with Crippen LogP contribution >= 0.6 is 34.8 Å². The van der Waals surface area contributed by atoms with Gasteiger partial charge in [-0.15, -0.1) is 0 Å². The van der Waals surface area contributed by atoms with E-state index in [-0.39, 0.29) is 57.9 Å². The number of hydrogen-bond donors (Lipinski definition) is 0. The van der Waals surface area contributed by atoms with Crippen molar-refractivity contribution in [1.29, 1.82) is 0 Å². The number of benzene rings is 1. The highest BCUT2D eigenvalue weighted by Gasteiger charge is 2.25.